The number of rotatable bonds is 4. The van der Waals surface area contributed by atoms with Gasteiger partial charge in [-0.25, -0.2) is 4.79 Å². The van der Waals surface area contributed by atoms with Crippen LogP contribution in [0.4, 0.5) is 16.2 Å². The average Bonchev–Trinajstić information content (AvgIpc) is 3.28. The van der Waals surface area contributed by atoms with Gasteiger partial charge in [0.15, 0.2) is 0 Å². The number of carbonyl (C=O) groups excluding carboxylic acids is 1. The van der Waals surface area contributed by atoms with E-state index in [-0.39, 0.29) is 6.03 Å². The minimum Gasteiger partial charge on any atom is -0.497 e. The average molecular weight is 427 g/mol. The summed E-state index contributed by atoms with van der Waals surface area (Å²) in [7, 11) is 1.62. The van der Waals surface area contributed by atoms with Gasteiger partial charge in [-0.1, -0.05) is 55.7 Å². The van der Waals surface area contributed by atoms with Crippen molar-refractivity contribution in [2.75, 3.05) is 23.9 Å². The molecule has 1 saturated carbocycles. The Hall–Kier alpha value is -3.27. The van der Waals surface area contributed by atoms with E-state index in [4.69, 9.17) is 4.74 Å². The molecule has 3 aromatic carbocycles. The molecule has 3 aromatic rings. The number of carbonyl (C=O) groups is 1. The van der Waals surface area contributed by atoms with E-state index in [0.29, 0.717) is 6.54 Å². The second-order valence-electron chi connectivity index (χ2n) is 8.86. The summed E-state index contributed by atoms with van der Waals surface area (Å²) >= 11 is 0. The second kappa shape index (κ2) is 9.07. The predicted molar refractivity (Wildman–Crippen MR) is 131 cm³/mol. The highest BCUT2D eigenvalue weighted by molar-refractivity contribution is 6.03. The number of fused-ring (bicyclic) bond motifs is 1. The number of nitrogens with one attached hydrogen (secondary N) is 1. The lowest BCUT2D eigenvalue weighted by atomic mass is 9.83. The summed E-state index contributed by atoms with van der Waals surface area (Å²) in [4.78, 5) is 14.7. The molecule has 164 valence electrons. The lowest BCUT2D eigenvalue weighted by Gasteiger charge is -2.22. The number of benzene rings is 3. The number of nitrogens with zero attached hydrogens (tertiary/aromatic N) is 1. The number of hydrogen-bond acceptors (Lipinski definition) is 2. The molecule has 0 unspecified atom stereocenters. The normalized spacial score (nSPS) is 16.0. The molecule has 1 fully saturated rings. The summed E-state index contributed by atoms with van der Waals surface area (Å²) in [6.45, 7) is 0.690. The third kappa shape index (κ3) is 4.22. The first-order chi connectivity index (χ1) is 15.7. The lowest BCUT2D eigenvalue weighted by Crippen LogP contribution is -2.33. The molecule has 0 aromatic heterocycles. The predicted octanol–water partition coefficient (Wildman–Crippen LogP) is 7.00. The Morgan fingerprint density at radius 3 is 2.50 bits per heavy atom. The van der Waals surface area contributed by atoms with Gasteiger partial charge in [-0.3, -0.25) is 4.90 Å². The highest BCUT2D eigenvalue weighted by Gasteiger charge is 2.25. The molecule has 0 atom stereocenters. The third-order valence-corrected chi connectivity index (χ3v) is 6.86. The molecule has 1 aliphatic carbocycles. The van der Waals surface area contributed by atoms with E-state index in [1.54, 1.807) is 7.11 Å². The SMILES string of the molecule is COc1cccc(NC(=O)N2CCc3cc(-c4ccc(C5CCCCC5)cc4)ccc32)c1. The third-order valence-electron chi connectivity index (χ3n) is 6.86. The van der Waals surface area contributed by atoms with E-state index < -0.39 is 0 Å². The molecule has 5 rings (SSSR count). The molecule has 4 nitrogen and oxygen atoms in total. The van der Waals surface area contributed by atoms with Gasteiger partial charge in [-0.05, 0) is 71.7 Å². The molecule has 32 heavy (non-hydrogen) atoms. The van der Waals surface area contributed by atoms with Crippen LogP contribution in [0.1, 0.15) is 49.1 Å². The quantitative estimate of drug-likeness (QED) is 0.488. The smallest absolute Gasteiger partial charge is 0.326 e. The van der Waals surface area contributed by atoms with Gasteiger partial charge in [0.25, 0.3) is 0 Å². The molecule has 0 spiro atoms. The number of hydrogen-bond donors (Lipinski definition) is 1. The zero-order valence-electron chi connectivity index (χ0n) is 18.6. The van der Waals surface area contributed by atoms with Crippen LogP contribution in [0.15, 0.2) is 66.7 Å². The lowest BCUT2D eigenvalue weighted by molar-refractivity contribution is 0.257. The Labute approximate surface area is 190 Å². The summed E-state index contributed by atoms with van der Waals surface area (Å²) in [5.74, 6) is 1.46. The van der Waals surface area contributed by atoms with Gasteiger partial charge in [0.05, 0.1) is 7.11 Å². The zero-order chi connectivity index (χ0) is 21.9. The Morgan fingerprint density at radius 2 is 1.72 bits per heavy atom. The van der Waals surface area contributed by atoms with Crippen molar-refractivity contribution in [2.24, 2.45) is 0 Å². The summed E-state index contributed by atoms with van der Waals surface area (Å²) in [5.41, 5.74) is 6.89. The minimum absolute atomic E-state index is 0.110. The standard InChI is InChI=1S/C28H30N2O2/c1-32-26-9-5-8-25(19-26)29-28(31)30-17-16-24-18-23(14-15-27(24)30)22-12-10-21(11-13-22)20-6-3-2-4-7-20/h5,8-15,18-20H,2-4,6-7,16-17H2,1H3,(H,29,31). The van der Waals surface area contributed by atoms with Crippen LogP contribution in [-0.2, 0) is 6.42 Å². The molecular weight excluding hydrogens is 396 g/mol. The molecule has 0 saturated heterocycles. The van der Waals surface area contributed by atoms with Crippen LogP contribution in [0.3, 0.4) is 0 Å². The van der Waals surface area contributed by atoms with E-state index >= 15 is 0 Å². The minimum atomic E-state index is -0.110. The first-order valence-electron chi connectivity index (χ1n) is 11.7. The van der Waals surface area contributed by atoms with Crippen LogP contribution in [0.5, 0.6) is 5.75 Å². The summed E-state index contributed by atoms with van der Waals surface area (Å²) in [6, 6.07) is 22.9. The fourth-order valence-electron chi connectivity index (χ4n) is 5.07. The molecule has 2 amide bonds. The zero-order valence-corrected chi connectivity index (χ0v) is 18.6. The van der Waals surface area contributed by atoms with E-state index in [2.05, 4.69) is 47.8 Å². The number of urea groups is 1. The van der Waals surface area contributed by atoms with Gasteiger partial charge in [-0.15, -0.1) is 0 Å². The number of methoxy groups -OCH3 is 1. The van der Waals surface area contributed by atoms with Crippen LogP contribution in [0.2, 0.25) is 0 Å². The molecule has 4 heteroatoms. The monoisotopic (exact) mass is 426 g/mol. The van der Waals surface area contributed by atoms with E-state index in [9.17, 15) is 4.79 Å². The summed E-state index contributed by atoms with van der Waals surface area (Å²) in [6.07, 6.45) is 7.63. The summed E-state index contributed by atoms with van der Waals surface area (Å²) < 4.78 is 5.25. The molecular formula is C28H30N2O2. The van der Waals surface area contributed by atoms with Crippen molar-refractivity contribution in [1.29, 1.82) is 0 Å². The Bertz CT molecular complexity index is 1100. The first-order valence-corrected chi connectivity index (χ1v) is 11.7. The van der Waals surface area contributed by atoms with E-state index in [1.807, 2.05) is 29.2 Å². The summed E-state index contributed by atoms with van der Waals surface area (Å²) in [5, 5.41) is 2.99. The van der Waals surface area contributed by atoms with Crippen molar-refractivity contribution in [3.05, 3.63) is 77.9 Å². The fourth-order valence-corrected chi connectivity index (χ4v) is 5.07. The van der Waals surface area contributed by atoms with Crippen molar-refractivity contribution >= 4 is 17.4 Å². The van der Waals surface area contributed by atoms with Crippen LogP contribution < -0.4 is 15.0 Å². The molecule has 1 heterocycles. The molecule has 0 radical (unpaired) electrons. The van der Waals surface area contributed by atoms with E-state index in [0.717, 1.165) is 29.5 Å². The first kappa shape index (κ1) is 20.6. The number of amides is 2. The van der Waals surface area contributed by atoms with Gasteiger partial charge in [0, 0.05) is 24.0 Å². The van der Waals surface area contributed by atoms with Crippen molar-refractivity contribution in [3.63, 3.8) is 0 Å². The van der Waals surface area contributed by atoms with Gasteiger partial charge in [0.2, 0.25) is 0 Å². The van der Waals surface area contributed by atoms with Crippen molar-refractivity contribution < 1.29 is 9.53 Å². The van der Waals surface area contributed by atoms with Crippen LogP contribution in [0.25, 0.3) is 11.1 Å². The van der Waals surface area contributed by atoms with Crippen LogP contribution in [0, 0.1) is 0 Å². The molecule has 2 aliphatic rings. The van der Waals surface area contributed by atoms with Gasteiger partial charge < -0.3 is 10.1 Å². The van der Waals surface area contributed by atoms with Crippen LogP contribution in [-0.4, -0.2) is 19.7 Å². The maximum Gasteiger partial charge on any atom is 0.326 e. The maximum absolute atomic E-state index is 12.9. The second-order valence-corrected chi connectivity index (χ2v) is 8.86. The number of anilines is 2. The van der Waals surface area contributed by atoms with Crippen LogP contribution >= 0.6 is 0 Å². The number of ether oxygens (including phenoxy) is 1. The Balaban J connectivity index is 1.30. The topological polar surface area (TPSA) is 41.6 Å². The Kier molecular flexibility index (Phi) is 5.85. The highest BCUT2D eigenvalue weighted by atomic mass is 16.5. The Morgan fingerprint density at radius 1 is 0.938 bits per heavy atom. The fraction of sp³-hybridized carbons (Fsp3) is 0.321. The largest absolute Gasteiger partial charge is 0.497 e. The van der Waals surface area contributed by atoms with Crippen molar-refractivity contribution in [1.82, 2.24) is 0 Å². The highest BCUT2D eigenvalue weighted by Crippen LogP contribution is 2.36. The van der Waals surface area contributed by atoms with E-state index in [1.165, 1.54) is 54.4 Å². The van der Waals surface area contributed by atoms with Gasteiger partial charge in [-0.2, -0.15) is 0 Å². The van der Waals surface area contributed by atoms with Crippen molar-refractivity contribution in [3.8, 4) is 16.9 Å². The molecule has 0 bridgehead atoms. The molecule has 1 aliphatic heterocycles. The maximum atomic E-state index is 12.9. The van der Waals surface area contributed by atoms with Gasteiger partial charge >= 0.3 is 6.03 Å². The van der Waals surface area contributed by atoms with Crippen molar-refractivity contribution in [2.45, 2.75) is 44.4 Å². The van der Waals surface area contributed by atoms with Gasteiger partial charge in [0.1, 0.15) is 5.75 Å². The molecule has 1 N–H and O–H groups in total.